The highest BCUT2D eigenvalue weighted by Crippen LogP contribution is 2.23. The van der Waals surface area contributed by atoms with Gasteiger partial charge in [0.15, 0.2) is 0 Å². The quantitative estimate of drug-likeness (QED) is 0.275. The average Bonchev–Trinajstić information content (AvgIpc) is 2.90. The number of phenols is 1. The van der Waals surface area contributed by atoms with E-state index in [1.165, 1.54) is 0 Å². The highest BCUT2D eigenvalue weighted by atomic mass is 16.5. The number of carbonyl (C=O) groups is 4. The molecule has 41 heavy (non-hydrogen) atoms. The molecule has 0 saturated carbocycles. The van der Waals surface area contributed by atoms with Crippen molar-refractivity contribution in [2.45, 2.75) is 92.5 Å². The van der Waals surface area contributed by atoms with Crippen molar-refractivity contribution in [2.24, 2.45) is 11.8 Å². The number of carbonyl (C=O) groups excluding carboxylic acids is 4. The van der Waals surface area contributed by atoms with Gasteiger partial charge in [0.2, 0.25) is 11.8 Å². The van der Waals surface area contributed by atoms with Crippen LogP contribution >= 0.6 is 0 Å². The van der Waals surface area contributed by atoms with Crippen LogP contribution in [0.4, 0.5) is 4.79 Å². The predicted octanol–water partition coefficient (Wildman–Crippen LogP) is 4.74. The van der Waals surface area contributed by atoms with Gasteiger partial charge < -0.3 is 30.6 Å². The van der Waals surface area contributed by atoms with Gasteiger partial charge >= 0.3 is 6.09 Å². The molecule has 0 unspecified atom stereocenters. The lowest BCUT2D eigenvalue weighted by molar-refractivity contribution is -0.130. The number of aryl methyl sites for hydroxylation is 2. The summed E-state index contributed by atoms with van der Waals surface area (Å²) in [6, 6.07) is 11.4. The molecule has 2 aromatic rings. The number of hydrogen-bond acceptors (Lipinski definition) is 6. The topological polar surface area (TPSA) is 134 Å². The Balaban J connectivity index is 0.00000411. The Morgan fingerprint density at radius 1 is 0.780 bits per heavy atom. The Hall–Kier alpha value is -3.88. The van der Waals surface area contributed by atoms with Crippen molar-refractivity contribution in [1.29, 1.82) is 0 Å². The highest BCUT2D eigenvalue weighted by Gasteiger charge is 2.29. The van der Waals surface area contributed by atoms with E-state index in [4.69, 9.17) is 9.53 Å². The van der Waals surface area contributed by atoms with Crippen LogP contribution in [0.1, 0.15) is 69.7 Å². The fourth-order valence-corrected chi connectivity index (χ4v) is 4.50. The number of hydrogen-bond donors (Lipinski definition) is 4. The van der Waals surface area contributed by atoms with Crippen LogP contribution in [-0.4, -0.2) is 47.9 Å². The second kappa shape index (κ2) is 17.7. The molecule has 3 amide bonds. The molecule has 9 nitrogen and oxygen atoms in total. The first-order valence-corrected chi connectivity index (χ1v) is 14.0. The number of benzene rings is 2. The molecule has 0 saturated heterocycles. The predicted molar refractivity (Wildman–Crippen MR) is 160 cm³/mol. The zero-order valence-electron chi connectivity index (χ0n) is 25.5. The van der Waals surface area contributed by atoms with E-state index in [2.05, 4.69) is 16.0 Å². The SMILES string of the molecule is C=O.Cc1cc(C[C@@H](C)NC(=O)[C@H](CC(C)C)NC(=O)[C@H](CC(C)C)NC(=O)OCc2ccccc2)cc(C)c1O. The molecule has 3 atom stereocenters. The van der Waals surface area contributed by atoms with Gasteiger partial charge in [-0.05, 0) is 74.1 Å². The Bertz CT molecular complexity index is 1100. The second-order valence-corrected chi connectivity index (χ2v) is 11.3. The smallest absolute Gasteiger partial charge is 0.408 e. The average molecular weight is 570 g/mol. The molecule has 0 heterocycles. The summed E-state index contributed by atoms with van der Waals surface area (Å²) >= 11 is 0. The summed E-state index contributed by atoms with van der Waals surface area (Å²) in [5.41, 5.74) is 3.44. The molecule has 2 rings (SSSR count). The van der Waals surface area contributed by atoms with Gasteiger partial charge in [-0.3, -0.25) is 9.59 Å². The highest BCUT2D eigenvalue weighted by molar-refractivity contribution is 5.91. The molecule has 0 radical (unpaired) electrons. The first kappa shape index (κ1) is 35.1. The number of amides is 3. The van der Waals surface area contributed by atoms with Crippen LogP contribution in [0.25, 0.3) is 0 Å². The largest absolute Gasteiger partial charge is 0.507 e. The van der Waals surface area contributed by atoms with Crippen LogP contribution < -0.4 is 16.0 Å². The van der Waals surface area contributed by atoms with Crippen molar-refractivity contribution >= 4 is 24.7 Å². The van der Waals surface area contributed by atoms with E-state index < -0.39 is 24.1 Å². The van der Waals surface area contributed by atoms with Gasteiger partial charge in [0.1, 0.15) is 31.2 Å². The van der Waals surface area contributed by atoms with Gasteiger partial charge in [-0.1, -0.05) is 70.2 Å². The molecule has 0 fully saturated rings. The molecule has 0 bridgehead atoms. The van der Waals surface area contributed by atoms with Crippen molar-refractivity contribution in [3.05, 3.63) is 64.7 Å². The molecule has 0 aliphatic carbocycles. The third-order valence-corrected chi connectivity index (χ3v) is 6.35. The number of ether oxygens (including phenoxy) is 1. The number of phenolic OH excluding ortho intramolecular Hbond substituents is 1. The van der Waals surface area contributed by atoms with E-state index in [-0.39, 0.29) is 36.1 Å². The summed E-state index contributed by atoms with van der Waals surface area (Å²) in [4.78, 5) is 47.0. The first-order valence-electron chi connectivity index (χ1n) is 14.0. The van der Waals surface area contributed by atoms with E-state index in [0.29, 0.717) is 19.3 Å². The molecular formula is C32H47N3O6. The molecular weight excluding hydrogens is 522 g/mol. The monoisotopic (exact) mass is 569 g/mol. The van der Waals surface area contributed by atoms with Crippen LogP contribution in [-0.2, 0) is 32.1 Å². The van der Waals surface area contributed by atoms with E-state index in [0.717, 1.165) is 22.3 Å². The number of nitrogens with one attached hydrogen (secondary N) is 3. The molecule has 9 heteroatoms. The van der Waals surface area contributed by atoms with Gasteiger partial charge in [0, 0.05) is 6.04 Å². The summed E-state index contributed by atoms with van der Waals surface area (Å²) in [7, 11) is 0. The summed E-state index contributed by atoms with van der Waals surface area (Å²) in [5.74, 6) is -0.120. The lowest BCUT2D eigenvalue weighted by Crippen LogP contribution is -2.55. The van der Waals surface area contributed by atoms with E-state index in [9.17, 15) is 19.5 Å². The Morgan fingerprint density at radius 3 is 1.78 bits per heavy atom. The van der Waals surface area contributed by atoms with Crippen molar-refractivity contribution in [2.75, 3.05) is 0 Å². The maximum absolute atomic E-state index is 13.3. The minimum Gasteiger partial charge on any atom is -0.507 e. The fraction of sp³-hybridized carbons (Fsp3) is 0.500. The van der Waals surface area contributed by atoms with Crippen molar-refractivity contribution in [3.63, 3.8) is 0 Å². The summed E-state index contributed by atoms with van der Waals surface area (Å²) in [5, 5.41) is 18.6. The minimum absolute atomic E-state index is 0.0963. The fourth-order valence-electron chi connectivity index (χ4n) is 4.50. The maximum Gasteiger partial charge on any atom is 0.408 e. The summed E-state index contributed by atoms with van der Waals surface area (Å²) in [6.45, 7) is 15.6. The molecule has 2 aromatic carbocycles. The van der Waals surface area contributed by atoms with E-state index in [1.54, 1.807) is 0 Å². The summed E-state index contributed by atoms with van der Waals surface area (Å²) < 4.78 is 5.32. The molecule has 0 spiro atoms. The Kier molecular flexibility index (Phi) is 15.2. The van der Waals surface area contributed by atoms with Gasteiger partial charge in [0.05, 0.1) is 0 Å². The van der Waals surface area contributed by atoms with Crippen LogP contribution in [0.2, 0.25) is 0 Å². The van der Waals surface area contributed by atoms with E-state index >= 15 is 0 Å². The lowest BCUT2D eigenvalue weighted by atomic mass is 9.99. The molecule has 4 N–H and O–H groups in total. The molecule has 0 aliphatic heterocycles. The van der Waals surface area contributed by atoms with Crippen LogP contribution in [0.5, 0.6) is 5.75 Å². The maximum atomic E-state index is 13.3. The van der Waals surface area contributed by atoms with Gasteiger partial charge in [-0.2, -0.15) is 0 Å². The van der Waals surface area contributed by atoms with Crippen LogP contribution in [0, 0.1) is 25.7 Å². The third kappa shape index (κ3) is 12.9. The van der Waals surface area contributed by atoms with Gasteiger partial charge in [-0.15, -0.1) is 0 Å². The zero-order chi connectivity index (χ0) is 31.1. The van der Waals surface area contributed by atoms with Crippen LogP contribution in [0.15, 0.2) is 42.5 Å². The Morgan fingerprint density at radius 2 is 1.27 bits per heavy atom. The molecule has 226 valence electrons. The number of rotatable bonds is 13. The first-order chi connectivity index (χ1) is 19.3. The second-order valence-electron chi connectivity index (χ2n) is 11.3. The van der Waals surface area contributed by atoms with E-state index in [1.807, 2.05) is 97.7 Å². The van der Waals surface area contributed by atoms with Crippen molar-refractivity contribution in [1.82, 2.24) is 16.0 Å². The minimum atomic E-state index is -0.837. The zero-order valence-corrected chi connectivity index (χ0v) is 25.5. The van der Waals surface area contributed by atoms with Gasteiger partial charge in [0.25, 0.3) is 0 Å². The third-order valence-electron chi connectivity index (χ3n) is 6.35. The standard InChI is InChI=1S/C31H45N3O5.CH2O/c1-19(2)13-26(29(36)32-23(7)17-25-15-21(5)28(35)22(6)16-25)33-30(37)27(14-20(3)4)34-31(38)39-18-24-11-9-8-10-12-24;1-2/h8-12,15-16,19-20,23,26-27,35H,13-14,17-18H2,1-7H3,(H,32,36)(H,33,37)(H,34,38);1H2/t23-,26+,27+;/m1./s1. The Labute approximate surface area is 244 Å². The van der Waals surface area contributed by atoms with Crippen molar-refractivity contribution in [3.8, 4) is 5.75 Å². The normalized spacial score (nSPS) is 12.9. The van der Waals surface area contributed by atoms with Gasteiger partial charge in [-0.25, -0.2) is 4.79 Å². The molecule has 0 aromatic heterocycles. The molecule has 0 aliphatic rings. The summed E-state index contributed by atoms with van der Waals surface area (Å²) in [6.07, 6.45) is 0.755. The lowest BCUT2D eigenvalue weighted by Gasteiger charge is -2.26. The van der Waals surface area contributed by atoms with Crippen molar-refractivity contribution < 1.29 is 29.0 Å². The van der Waals surface area contributed by atoms with Crippen LogP contribution in [0.3, 0.4) is 0 Å². The number of aromatic hydroxyl groups is 1. The number of alkyl carbamates (subject to hydrolysis) is 1.